The van der Waals surface area contributed by atoms with Crippen molar-refractivity contribution < 1.29 is 18.3 Å². The second-order valence-electron chi connectivity index (χ2n) is 4.45. The molecule has 0 saturated heterocycles. The average Bonchev–Trinajstić information content (AvgIpc) is 2.48. The number of anilines is 1. The minimum absolute atomic E-state index is 0.0379. The fourth-order valence-corrected chi connectivity index (χ4v) is 2.90. The third-order valence-corrected chi connectivity index (χ3v) is 4.37. The van der Waals surface area contributed by atoms with E-state index in [1.165, 1.54) is 12.1 Å². The van der Waals surface area contributed by atoms with Crippen LogP contribution < -0.4 is 9.46 Å². The van der Waals surface area contributed by atoms with E-state index in [2.05, 4.69) is 4.72 Å². The standard InChI is InChI=1S/C15H17NO4S/c1-20-14-6-4-13(5-7-14)16-21(18,19)15-8-2-12(3-9-15)10-11-17/h2-9,16-17H,10-11H2,1H3. The maximum absolute atomic E-state index is 12.2. The van der Waals surface area contributed by atoms with Crippen molar-refractivity contribution >= 4 is 15.7 Å². The first-order valence-corrected chi connectivity index (χ1v) is 7.90. The molecular weight excluding hydrogens is 290 g/mol. The van der Waals surface area contributed by atoms with Gasteiger partial charge in [-0.05, 0) is 48.4 Å². The van der Waals surface area contributed by atoms with Gasteiger partial charge in [0, 0.05) is 12.3 Å². The summed E-state index contributed by atoms with van der Waals surface area (Å²) in [5.74, 6) is 0.659. The summed E-state index contributed by atoms with van der Waals surface area (Å²) in [6.45, 7) is 0.0379. The van der Waals surface area contributed by atoms with Gasteiger partial charge in [-0.25, -0.2) is 8.42 Å². The lowest BCUT2D eigenvalue weighted by molar-refractivity contribution is 0.299. The smallest absolute Gasteiger partial charge is 0.261 e. The molecule has 2 aromatic carbocycles. The van der Waals surface area contributed by atoms with Crippen molar-refractivity contribution in [2.75, 3.05) is 18.4 Å². The number of benzene rings is 2. The zero-order valence-corrected chi connectivity index (χ0v) is 12.4. The third-order valence-electron chi connectivity index (χ3n) is 2.98. The SMILES string of the molecule is COc1ccc(NS(=O)(=O)c2ccc(CCO)cc2)cc1. The van der Waals surface area contributed by atoms with E-state index in [4.69, 9.17) is 9.84 Å². The van der Waals surface area contributed by atoms with Gasteiger partial charge in [-0.1, -0.05) is 12.1 Å². The molecule has 0 aliphatic carbocycles. The molecule has 2 aromatic rings. The Morgan fingerprint density at radius 3 is 2.19 bits per heavy atom. The topological polar surface area (TPSA) is 75.6 Å². The number of rotatable bonds is 6. The van der Waals surface area contributed by atoms with Crippen LogP contribution in [0.5, 0.6) is 5.75 Å². The van der Waals surface area contributed by atoms with Gasteiger partial charge < -0.3 is 9.84 Å². The van der Waals surface area contributed by atoms with Gasteiger partial charge in [0.2, 0.25) is 0 Å². The fraction of sp³-hybridized carbons (Fsp3) is 0.200. The van der Waals surface area contributed by atoms with E-state index in [-0.39, 0.29) is 11.5 Å². The Hall–Kier alpha value is -2.05. The summed E-state index contributed by atoms with van der Waals surface area (Å²) in [6, 6.07) is 13.1. The molecule has 0 aromatic heterocycles. The number of methoxy groups -OCH3 is 1. The number of aliphatic hydroxyl groups is 1. The van der Waals surface area contributed by atoms with Gasteiger partial charge in [0.05, 0.1) is 12.0 Å². The minimum atomic E-state index is -3.62. The highest BCUT2D eigenvalue weighted by atomic mass is 32.2. The Balaban J connectivity index is 2.16. The normalized spacial score (nSPS) is 11.1. The molecule has 0 aliphatic rings. The second-order valence-corrected chi connectivity index (χ2v) is 6.13. The zero-order chi connectivity index (χ0) is 15.3. The Bertz CT molecular complexity index is 679. The van der Waals surface area contributed by atoms with Gasteiger partial charge in [-0.15, -0.1) is 0 Å². The summed E-state index contributed by atoms with van der Waals surface area (Å²) < 4.78 is 32.0. The van der Waals surface area contributed by atoms with Gasteiger partial charge in [0.25, 0.3) is 10.0 Å². The monoisotopic (exact) mass is 307 g/mol. The van der Waals surface area contributed by atoms with Crippen LogP contribution >= 0.6 is 0 Å². The molecule has 0 bridgehead atoms. The molecule has 6 heteroatoms. The Labute approximate surface area is 124 Å². The number of aliphatic hydroxyl groups excluding tert-OH is 1. The Morgan fingerprint density at radius 2 is 1.67 bits per heavy atom. The summed E-state index contributed by atoms with van der Waals surface area (Å²) in [4.78, 5) is 0.181. The van der Waals surface area contributed by atoms with E-state index in [0.717, 1.165) is 5.56 Å². The Morgan fingerprint density at radius 1 is 1.05 bits per heavy atom. The van der Waals surface area contributed by atoms with E-state index in [9.17, 15) is 8.42 Å². The molecule has 0 amide bonds. The average molecular weight is 307 g/mol. The Kier molecular flexibility index (Phi) is 4.82. The molecular formula is C15H17NO4S. The highest BCUT2D eigenvalue weighted by molar-refractivity contribution is 7.92. The summed E-state index contributed by atoms with van der Waals surface area (Å²) in [5.41, 5.74) is 1.36. The number of nitrogens with one attached hydrogen (secondary N) is 1. The van der Waals surface area contributed by atoms with Gasteiger partial charge >= 0.3 is 0 Å². The van der Waals surface area contributed by atoms with Crippen LogP contribution in [0.2, 0.25) is 0 Å². The molecule has 0 heterocycles. The first kappa shape index (κ1) is 15.3. The number of sulfonamides is 1. The van der Waals surface area contributed by atoms with Crippen molar-refractivity contribution in [3.63, 3.8) is 0 Å². The number of hydrogen-bond donors (Lipinski definition) is 2. The van der Waals surface area contributed by atoms with Crippen LogP contribution in [0, 0.1) is 0 Å². The molecule has 2 N–H and O–H groups in total. The highest BCUT2D eigenvalue weighted by Crippen LogP contribution is 2.19. The van der Waals surface area contributed by atoms with Crippen molar-refractivity contribution in [1.29, 1.82) is 0 Å². The predicted molar refractivity (Wildman–Crippen MR) is 81.0 cm³/mol. The molecule has 0 unspecified atom stereocenters. The summed E-state index contributed by atoms with van der Waals surface area (Å²) in [6.07, 6.45) is 0.506. The second kappa shape index (κ2) is 6.60. The van der Waals surface area contributed by atoms with Crippen LogP contribution in [0.3, 0.4) is 0 Å². The molecule has 0 aliphatic heterocycles. The van der Waals surface area contributed by atoms with Crippen molar-refractivity contribution in [3.8, 4) is 5.75 Å². The lowest BCUT2D eigenvalue weighted by Crippen LogP contribution is -2.12. The number of ether oxygens (including phenoxy) is 1. The van der Waals surface area contributed by atoms with E-state index in [1.807, 2.05) is 0 Å². The predicted octanol–water partition coefficient (Wildman–Crippen LogP) is 2.03. The van der Waals surface area contributed by atoms with Crippen LogP contribution in [-0.4, -0.2) is 27.2 Å². The van der Waals surface area contributed by atoms with Gasteiger partial charge in [-0.3, -0.25) is 4.72 Å². The maximum Gasteiger partial charge on any atom is 0.261 e. The number of hydrogen-bond acceptors (Lipinski definition) is 4. The van der Waals surface area contributed by atoms with Crippen molar-refractivity contribution in [2.45, 2.75) is 11.3 Å². The van der Waals surface area contributed by atoms with Crippen LogP contribution in [-0.2, 0) is 16.4 Å². The van der Waals surface area contributed by atoms with E-state index in [0.29, 0.717) is 17.9 Å². The summed E-state index contributed by atoms with van der Waals surface area (Å²) in [5, 5.41) is 8.85. The van der Waals surface area contributed by atoms with Crippen molar-refractivity contribution in [1.82, 2.24) is 0 Å². The first-order valence-electron chi connectivity index (χ1n) is 6.42. The lowest BCUT2D eigenvalue weighted by Gasteiger charge is -2.09. The minimum Gasteiger partial charge on any atom is -0.497 e. The summed E-state index contributed by atoms with van der Waals surface area (Å²) in [7, 11) is -2.07. The fourth-order valence-electron chi connectivity index (χ4n) is 1.84. The third kappa shape index (κ3) is 3.96. The molecule has 0 spiro atoms. The zero-order valence-electron chi connectivity index (χ0n) is 11.6. The molecule has 0 fully saturated rings. The lowest BCUT2D eigenvalue weighted by atomic mass is 10.2. The highest BCUT2D eigenvalue weighted by Gasteiger charge is 2.13. The molecule has 0 atom stereocenters. The molecule has 2 rings (SSSR count). The quantitative estimate of drug-likeness (QED) is 0.856. The van der Waals surface area contributed by atoms with Crippen molar-refractivity contribution in [3.05, 3.63) is 54.1 Å². The first-order chi connectivity index (χ1) is 10.0. The van der Waals surface area contributed by atoms with Crippen molar-refractivity contribution in [2.24, 2.45) is 0 Å². The largest absolute Gasteiger partial charge is 0.497 e. The van der Waals surface area contributed by atoms with Crippen LogP contribution in [0.15, 0.2) is 53.4 Å². The van der Waals surface area contributed by atoms with Crippen LogP contribution in [0.4, 0.5) is 5.69 Å². The van der Waals surface area contributed by atoms with Gasteiger partial charge in [0.15, 0.2) is 0 Å². The van der Waals surface area contributed by atoms with Gasteiger partial charge in [-0.2, -0.15) is 0 Å². The van der Waals surface area contributed by atoms with Gasteiger partial charge in [0.1, 0.15) is 5.75 Å². The molecule has 21 heavy (non-hydrogen) atoms. The van der Waals surface area contributed by atoms with Crippen LogP contribution in [0.25, 0.3) is 0 Å². The maximum atomic E-state index is 12.2. The molecule has 0 saturated carbocycles. The van der Waals surface area contributed by atoms with E-state index >= 15 is 0 Å². The van der Waals surface area contributed by atoms with Crippen LogP contribution in [0.1, 0.15) is 5.56 Å². The molecule has 112 valence electrons. The molecule has 5 nitrogen and oxygen atoms in total. The summed E-state index contributed by atoms with van der Waals surface area (Å²) >= 11 is 0. The molecule has 0 radical (unpaired) electrons. The van der Waals surface area contributed by atoms with E-state index in [1.54, 1.807) is 43.5 Å². The van der Waals surface area contributed by atoms with E-state index < -0.39 is 10.0 Å².